The first-order valence-corrected chi connectivity index (χ1v) is 9.76. The first-order chi connectivity index (χ1) is 14.0. The monoisotopic (exact) mass is 398 g/mol. The first-order valence-electron chi connectivity index (χ1n) is 9.76. The summed E-state index contributed by atoms with van der Waals surface area (Å²) in [6.45, 7) is 3.46. The van der Waals surface area contributed by atoms with E-state index < -0.39 is 11.9 Å². The average molecular weight is 398 g/mol. The van der Waals surface area contributed by atoms with Gasteiger partial charge in [-0.3, -0.25) is 14.6 Å². The second-order valence-corrected chi connectivity index (χ2v) is 7.23. The summed E-state index contributed by atoms with van der Waals surface area (Å²) in [4.78, 5) is 28.4. The number of aryl methyl sites for hydroxylation is 1. The number of hydrogen-bond donors (Lipinski definition) is 2. The summed E-state index contributed by atoms with van der Waals surface area (Å²) in [5, 5.41) is 12.3. The molecule has 7 nitrogen and oxygen atoms in total. The van der Waals surface area contributed by atoms with Gasteiger partial charge < -0.3 is 19.9 Å². The Morgan fingerprint density at radius 3 is 2.76 bits per heavy atom. The zero-order chi connectivity index (χ0) is 20.6. The number of aliphatic carboxylic acids is 1. The Morgan fingerprint density at radius 2 is 2.07 bits per heavy atom. The summed E-state index contributed by atoms with van der Waals surface area (Å²) >= 11 is 0. The van der Waals surface area contributed by atoms with Gasteiger partial charge in [0.2, 0.25) is 0 Å². The number of carboxylic acids is 1. The number of carbonyl (C=O) groups excluding carboxylic acids is 1. The number of nitrogens with zero attached hydrogens (tertiary/aromatic N) is 1. The zero-order valence-corrected chi connectivity index (χ0v) is 16.5. The van der Waals surface area contributed by atoms with Gasteiger partial charge >= 0.3 is 5.97 Å². The Balaban J connectivity index is 1.56. The Bertz CT molecular complexity index is 831. The third kappa shape index (κ3) is 6.02. The van der Waals surface area contributed by atoms with Crippen molar-refractivity contribution >= 4 is 11.9 Å². The van der Waals surface area contributed by atoms with E-state index in [1.165, 1.54) is 0 Å². The van der Waals surface area contributed by atoms with Gasteiger partial charge in [0.1, 0.15) is 12.4 Å². The molecule has 0 spiro atoms. The lowest BCUT2D eigenvalue weighted by atomic mass is 9.86. The van der Waals surface area contributed by atoms with Crippen molar-refractivity contribution in [1.29, 1.82) is 0 Å². The Morgan fingerprint density at radius 1 is 1.28 bits per heavy atom. The normalized spacial score (nSPS) is 15.5. The van der Waals surface area contributed by atoms with Gasteiger partial charge in [0, 0.05) is 31.0 Å². The number of amides is 1. The van der Waals surface area contributed by atoms with Crippen LogP contribution in [-0.2, 0) is 16.1 Å². The topological polar surface area (TPSA) is 97.8 Å². The fraction of sp³-hybridized carbons (Fsp3) is 0.409. The van der Waals surface area contributed by atoms with Gasteiger partial charge in [-0.15, -0.1) is 0 Å². The number of aromatic nitrogens is 1. The van der Waals surface area contributed by atoms with Crippen molar-refractivity contribution in [2.75, 3.05) is 19.8 Å². The summed E-state index contributed by atoms with van der Waals surface area (Å²) in [6, 6.07) is 10.8. The number of rotatable bonds is 8. The average Bonchev–Trinajstić information content (AvgIpc) is 2.74. The van der Waals surface area contributed by atoms with E-state index in [1.54, 1.807) is 24.4 Å². The fourth-order valence-corrected chi connectivity index (χ4v) is 3.39. The van der Waals surface area contributed by atoms with Crippen molar-refractivity contribution in [2.45, 2.75) is 26.4 Å². The highest BCUT2D eigenvalue weighted by molar-refractivity contribution is 5.94. The van der Waals surface area contributed by atoms with Crippen LogP contribution in [0.3, 0.4) is 0 Å². The molecule has 1 aromatic carbocycles. The van der Waals surface area contributed by atoms with Crippen LogP contribution in [0, 0.1) is 18.8 Å². The molecule has 2 aromatic rings. The molecule has 7 heteroatoms. The molecule has 2 N–H and O–H groups in total. The number of hydrogen-bond acceptors (Lipinski definition) is 5. The largest absolute Gasteiger partial charge is 0.487 e. The lowest BCUT2D eigenvalue weighted by molar-refractivity contribution is -0.144. The molecule has 0 radical (unpaired) electrons. The predicted octanol–water partition coefficient (Wildman–Crippen LogP) is 2.83. The first kappa shape index (κ1) is 20.8. The highest BCUT2D eigenvalue weighted by atomic mass is 16.5. The number of carboxylic acid groups (broad SMARTS) is 1. The summed E-state index contributed by atoms with van der Waals surface area (Å²) in [6.07, 6.45) is 3.06. The van der Waals surface area contributed by atoms with Crippen molar-refractivity contribution < 1.29 is 24.2 Å². The van der Waals surface area contributed by atoms with Crippen LogP contribution < -0.4 is 10.1 Å². The van der Waals surface area contributed by atoms with Gasteiger partial charge in [0.15, 0.2) is 0 Å². The van der Waals surface area contributed by atoms with E-state index in [0.29, 0.717) is 44.0 Å². The van der Waals surface area contributed by atoms with Crippen LogP contribution in [0.2, 0.25) is 0 Å². The number of carbonyl (C=O) groups is 2. The van der Waals surface area contributed by atoms with E-state index in [2.05, 4.69) is 10.3 Å². The minimum Gasteiger partial charge on any atom is -0.487 e. The minimum atomic E-state index is -0.883. The minimum absolute atomic E-state index is 0.0180. The highest BCUT2D eigenvalue weighted by Crippen LogP contribution is 2.24. The molecule has 1 aliphatic rings. The van der Waals surface area contributed by atoms with Crippen LogP contribution in [0.5, 0.6) is 5.75 Å². The fourth-order valence-electron chi connectivity index (χ4n) is 3.39. The second kappa shape index (κ2) is 10.0. The number of ether oxygens (including phenoxy) is 2. The van der Waals surface area contributed by atoms with E-state index in [-0.39, 0.29) is 18.4 Å². The van der Waals surface area contributed by atoms with Gasteiger partial charge in [0.05, 0.1) is 12.1 Å². The van der Waals surface area contributed by atoms with Crippen molar-refractivity contribution in [1.82, 2.24) is 10.3 Å². The molecule has 1 unspecified atom stereocenters. The molecule has 3 rings (SSSR count). The van der Waals surface area contributed by atoms with E-state index in [1.807, 2.05) is 25.1 Å². The molecular weight excluding hydrogens is 372 g/mol. The third-order valence-corrected chi connectivity index (χ3v) is 5.11. The lowest BCUT2D eigenvalue weighted by Gasteiger charge is -2.27. The van der Waals surface area contributed by atoms with Gasteiger partial charge in [-0.05, 0) is 55.5 Å². The van der Waals surface area contributed by atoms with Crippen LogP contribution in [0.4, 0.5) is 0 Å². The molecule has 1 saturated heterocycles. The second-order valence-electron chi connectivity index (χ2n) is 7.23. The maximum Gasteiger partial charge on any atom is 0.308 e. The molecule has 1 aliphatic heterocycles. The van der Waals surface area contributed by atoms with E-state index >= 15 is 0 Å². The van der Waals surface area contributed by atoms with Gasteiger partial charge in [-0.2, -0.15) is 0 Å². The maximum atomic E-state index is 12.5. The maximum absolute atomic E-state index is 12.5. The standard InChI is InChI=1S/C22H26N2O5/c1-15-5-6-19(12-23-15)29-14-16-3-2-4-18(11-16)21(25)24-13-20(22(26)27)17-7-9-28-10-8-17/h2-6,11-12,17,20H,7-10,13-14H2,1H3,(H,24,25)(H,26,27). The molecule has 29 heavy (non-hydrogen) atoms. The Labute approximate surface area is 170 Å². The molecule has 1 fully saturated rings. The summed E-state index contributed by atoms with van der Waals surface area (Å²) < 4.78 is 11.0. The molecule has 154 valence electrons. The van der Waals surface area contributed by atoms with Gasteiger partial charge in [0.25, 0.3) is 5.91 Å². The highest BCUT2D eigenvalue weighted by Gasteiger charge is 2.30. The summed E-state index contributed by atoms with van der Waals surface area (Å²) in [7, 11) is 0. The van der Waals surface area contributed by atoms with Crippen LogP contribution >= 0.6 is 0 Å². The third-order valence-electron chi connectivity index (χ3n) is 5.11. The smallest absolute Gasteiger partial charge is 0.308 e. The number of nitrogens with one attached hydrogen (secondary N) is 1. The van der Waals surface area contributed by atoms with Crippen LogP contribution in [0.1, 0.15) is 34.5 Å². The van der Waals surface area contributed by atoms with Crippen molar-refractivity contribution in [2.24, 2.45) is 11.8 Å². The van der Waals surface area contributed by atoms with Crippen molar-refractivity contribution in [3.05, 3.63) is 59.4 Å². The van der Waals surface area contributed by atoms with Gasteiger partial charge in [-0.1, -0.05) is 12.1 Å². The molecule has 1 amide bonds. The van der Waals surface area contributed by atoms with Crippen molar-refractivity contribution in [3.63, 3.8) is 0 Å². The van der Waals surface area contributed by atoms with Crippen LogP contribution in [0.25, 0.3) is 0 Å². The van der Waals surface area contributed by atoms with E-state index in [9.17, 15) is 14.7 Å². The predicted molar refractivity (Wildman–Crippen MR) is 107 cm³/mol. The Kier molecular flexibility index (Phi) is 7.19. The van der Waals surface area contributed by atoms with Crippen LogP contribution in [0.15, 0.2) is 42.6 Å². The molecule has 2 heterocycles. The quantitative estimate of drug-likeness (QED) is 0.710. The zero-order valence-electron chi connectivity index (χ0n) is 16.5. The van der Waals surface area contributed by atoms with Crippen molar-refractivity contribution in [3.8, 4) is 5.75 Å². The van der Waals surface area contributed by atoms with E-state index in [4.69, 9.17) is 9.47 Å². The SMILES string of the molecule is Cc1ccc(OCc2cccc(C(=O)NCC(C(=O)O)C3CCOCC3)c2)cn1. The van der Waals surface area contributed by atoms with Crippen LogP contribution in [-0.4, -0.2) is 41.7 Å². The van der Waals surface area contributed by atoms with Gasteiger partial charge in [-0.25, -0.2) is 0 Å². The lowest BCUT2D eigenvalue weighted by Crippen LogP contribution is -2.39. The molecular formula is C22H26N2O5. The molecule has 1 aromatic heterocycles. The number of benzene rings is 1. The summed E-state index contributed by atoms with van der Waals surface area (Å²) in [5.41, 5.74) is 2.23. The summed E-state index contributed by atoms with van der Waals surface area (Å²) in [5.74, 6) is -1.10. The number of pyridine rings is 1. The molecule has 0 aliphatic carbocycles. The molecule has 0 saturated carbocycles. The molecule has 0 bridgehead atoms. The van der Waals surface area contributed by atoms with E-state index in [0.717, 1.165) is 11.3 Å². The molecule has 1 atom stereocenters. The Hall–Kier alpha value is -2.93.